The van der Waals surface area contributed by atoms with Crippen molar-refractivity contribution in [3.05, 3.63) is 69.6 Å². The van der Waals surface area contributed by atoms with E-state index in [1.165, 1.54) is 11.1 Å². The molecule has 1 aromatic heterocycles. The zero-order chi connectivity index (χ0) is 15.7. The van der Waals surface area contributed by atoms with E-state index in [1.54, 1.807) is 6.26 Å². The van der Waals surface area contributed by atoms with Gasteiger partial charge in [-0.25, -0.2) is 0 Å². The summed E-state index contributed by atoms with van der Waals surface area (Å²) in [6.07, 6.45) is 3.14. The molecule has 2 atom stereocenters. The van der Waals surface area contributed by atoms with Gasteiger partial charge in [-0.2, -0.15) is 0 Å². The molecule has 0 saturated carbocycles. The average Bonchev–Trinajstić information content (AvgIpc) is 2.55. The van der Waals surface area contributed by atoms with Crippen molar-refractivity contribution >= 4 is 29.4 Å². The van der Waals surface area contributed by atoms with E-state index in [1.807, 2.05) is 43.3 Å². The summed E-state index contributed by atoms with van der Waals surface area (Å²) in [5.74, 6) is 0. The van der Waals surface area contributed by atoms with Crippen LogP contribution in [-0.4, -0.2) is 0 Å². The summed E-state index contributed by atoms with van der Waals surface area (Å²) in [6, 6.07) is 11.9. The van der Waals surface area contributed by atoms with Crippen molar-refractivity contribution in [2.24, 2.45) is 0 Å². The predicted molar refractivity (Wildman–Crippen MR) is 99.5 cm³/mol. The quantitative estimate of drug-likeness (QED) is 0.662. The molecule has 0 fully saturated rings. The first-order valence-electron chi connectivity index (χ1n) is 7.19. The lowest BCUT2D eigenvalue weighted by molar-refractivity contribution is 0.604. The van der Waals surface area contributed by atoms with Crippen molar-refractivity contribution in [3.8, 4) is 11.1 Å². The molecular weight excluding hydrogens is 310 g/mol. The third-order valence-electron chi connectivity index (χ3n) is 3.93. The van der Waals surface area contributed by atoms with Crippen molar-refractivity contribution in [2.75, 3.05) is 0 Å². The minimum Gasteiger partial charge on any atom is -0.463 e. The maximum Gasteiger partial charge on any atom is 0.200 e. The van der Waals surface area contributed by atoms with E-state index >= 15 is 0 Å². The summed E-state index contributed by atoms with van der Waals surface area (Å²) in [4.78, 5) is 13.0. The molecular formula is C18H18O2P2. The van der Waals surface area contributed by atoms with Crippen LogP contribution in [0.4, 0.5) is 0 Å². The molecule has 0 aliphatic rings. The van der Waals surface area contributed by atoms with E-state index in [0.717, 1.165) is 23.5 Å². The second kappa shape index (κ2) is 6.32. The standard InChI is InChI=1S/C18H18O2P2/c1-11-2-4-12(5-3-11)14-8-20-16-7-6-13(9-21)15(10-22)17(16)18(14)19/h2-8H,9-10,21-22H2,1H3. The Kier molecular flexibility index (Phi) is 4.43. The summed E-state index contributed by atoms with van der Waals surface area (Å²) in [7, 11) is 5.43. The second-order valence-electron chi connectivity index (χ2n) is 5.33. The minimum absolute atomic E-state index is 0.0443. The number of rotatable bonds is 3. The Balaban J connectivity index is 2.33. The largest absolute Gasteiger partial charge is 0.463 e. The highest BCUT2D eigenvalue weighted by Gasteiger charge is 2.14. The van der Waals surface area contributed by atoms with Crippen molar-refractivity contribution in [1.82, 2.24) is 0 Å². The molecule has 0 saturated heterocycles. The molecule has 3 aromatic rings. The number of aryl methyl sites for hydroxylation is 1. The molecule has 0 amide bonds. The van der Waals surface area contributed by atoms with E-state index in [-0.39, 0.29) is 5.43 Å². The Morgan fingerprint density at radius 2 is 1.73 bits per heavy atom. The molecule has 2 nitrogen and oxygen atoms in total. The molecule has 2 unspecified atom stereocenters. The molecule has 2 aromatic carbocycles. The van der Waals surface area contributed by atoms with Gasteiger partial charge in [0.2, 0.25) is 5.43 Å². The van der Waals surface area contributed by atoms with Crippen LogP contribution in [0, 0.1) is 6.92 Å². The van der Waals surface area contributed by atoms with E-state index in [0.29, 0.717) is 16.5 Å². The van der Waals surface area contributed by atoms with Crippen molar-refractivity contribution in [3.63, 3.8) is 0 Å². The molecule has 0 aliphatic carbocycles. The molecule has 22 heavy (non-hydrogen) atoms. The molecule has 1 heterocycles. The Morgan fingerprint density at radius 1 is 1.00 bits per heavy atom. The van der Waals surface area contributed by atoms with Crippen molar-refractivity contribution < 1.29 is 4.42 Å². The van der Waals surface area contributed by atoms with Crippen molar-refractivity contribution in [2.45, 2.75) is 19.2 Å². The van der Waals surface area contributed by atoms with Crippen LogP contribution in [0.5, 0.6) is 0 Å². The molecule has 0 spiro atoms. The number of hydrogen-bond acceptors (Lipinski definition) is 2. The van der Waals surface area contributed by atoms with Gasteiger partial charge in [0.05, 0.1) is 10.9 Å². The smallest absolute Gasteiger partial charge is 0.200 e. The van der Waals surface area contributed by atoms with Crippen molar-refractivity contribution in [1.29, 1.82) is 0 Å². The highest BCUT2D eigenvalue weighted by Crippen LogP contribution is 2.27. The fourth-order valence-electron chi connectivity index (χ4n) is 2.68. The van der Waals surface area contributed by atoms with Gasteiger partial charge < -0.3 is 4.42 Å². The Morgan fingerprint density at radius 3 is 2.36 bits per heavy atom. The topological polar surface area (TPSA) is 30.2 Å². The van der Waals surface area contributed by atoms with Gasteiger partial charge in [-0.1, -0.05) is 35.9 Å². The maximum atomic E-state index is 13.0. The molecule has 0 radical (unpaired) electrons. The van der Waals surface area contributed by atoms with Gasteiger partial charge in [0.25, 0.3) is 0 Å². The van der Waals surface area contributed by atoms with Crippen LogP contribution in [0.2, 0.25) is 0 Å². The second-order valence-corrected chi connectivity index (χ2v) is 6.15. The SMILES string of the molecule is Cc1ccc(-c2coc3ccc(CP)c(CP)c3c2=O)cc1. The van der Waals surface area contributed by atoms with Gasteiger partial charge in [-0.15, -0.1) is 18.5 Å². The number of hydrogen-bond donors (Lipinski definition) is 0. The van der Waals surface area contributed by atoms with Gasteiger partial charge in [0.1, 0.15) is 11.8 Å². The van der Waals surface area contributed by atoms with Crippen LogP contribution < -0.4 is 5.43 Å². The fourth-order valence-corrected chi connectivity index (χ4v) is 3.53. The monoisotopic (exact) mass is 328 g/mol. The average molecular weight is 328 g/mol. The van der Waals surface area contributed by atoms with Crippen LogP contribution >= 0.6 is 18.5 Å². The lowest BCUT2D eigenvalue weighted by Crippen LogP contribution is -2.08. The molecule has 0 N–H and O–H groups in total. The zero-order valence-electron chi connectivity index (χ0n) is 12.4. The van der Waals surface area contributed by atoms with Gasteiger partial charge in [-0.05, 0) is 42.0 Å². The molecule has 112 valence electrons. The zero-order valence-corrected chi connectivity index (χ0v) is 14.7. The minimum atomic E-state index is 0.0443. The first-order chi connectivity index (χ1) is 10.7. The van der Waals surface area contributed by atoms with E-state index in [4.69, 9.17) is 4.42 Å². The highest BCUT2D eigenvalue weighted by molar-refractivity contribution is 7.16. The van der Waals surface area contributed by atoms with Gasteiger partial charge in [-0.3, -0.25) is 4.79 Å². The van der Waals surface area contributed by atoms with Gasteiger partial charge in [0, 0.05) is 0 Å². The van der Waals surface area contributed by atoms with Gasteiger partial charge in [0.15, 0.2) is 0 Å². The van der Waals surface area contributed by atoms with Gasteiger partial charge >= 0.3 is 0 Å². The predicted octanol–water partition coefficient (Wildman–Crippen LogP) is 4.52. The lowest BCUT2D eigenvalue weighted by Gasteiger charge is -2.10. The maximum absolute atomic E-state index is 13.0. The fraction of sp³-hybridized carbons (Fsp3) is 0.167. The molecule has 0 bridgehead atoms. The number of fused-ring (bicyclic) bond motifs is 1. The summed E-state index contributed by atoms with van der Waals surface area (Å²) in [6.45, 7) is 2.03. The summed E-state index contributed by atoms with van der Waals surface area (Å²) < 4.78 is 5.73. The van der Waals surface area contributed by atoms with Crippen LogP contribution in [0.1, 0.15) is 16.7 Å². The van der Waals surface area contributed by atoms with Crippen LogP contribution in [0.15, 0.2) is 51.9 Å². The van der Waals surface area contributed by atoms with Crippen LogP contribution in [-0.2, 0) is 12.3 Å². The Bertz CT molecular complexity index is 880. The summed E-state index contributed by atoms with van der Waals surface area (Å²) in [5, 5.41) is 0.702. The Hall–Kier alpha value is -1.49. The van der Waals surface area contributed by atoms with E-state index in [2.05, 4.69) is 18.5 Å². The summed E-state index contributed by atoms with van der Waals surface area (Å²) >= 11 is 0. The van der Waals surface area contributed by atoms with E-state index in [9.17, 15) is 4.79 Å². The molecule has 3 rings (SSSR count). The van der Waals surface area contributed by atoms with Crippen LogP contribution in [0.25, 0.3) is 22.1 Å². The molecule has 4 heteroatoms. The Labute approximate surface area is 134 Å². The van der Waals surface area contributed by atoms with E-state index < -0.39 is 0 Å². The lowest BCUT2D eigenvalue weighted by atomic mass is 10.00. The molecule has 0 aliphatic heterocycles. The first kappa shape index (κ1) is 15.4. The highest BCUT2D eigenvalue weighted by atomic mass is 31.0. The number of benzene rings is 2. The third kappa shape index (κ3) is 2.62. The van der Waals surface area contributed by atoms with Crippen LogP contribution in [0.3, 0.4) is 0 Å². The normalized spacial score (nSPS) is 11.0. The third-order valence-corrected chi connectivity index (χ3v) is 4.78. The summed E-state index contributed by atoms with van der Waals surface area (Å²) in [5.41, 5.74) is 5.61. The first-order valence-corrected chi connectivity index (χ1v) is 8.82.